The van der Waals surface area contributed by atoms with Crippen molar-refractivity contribution in [2.45, 2.75) is 19.8 Å². The summed E-state index contributed by atoms with van der Waals surface area (Å²) >= 11 is 7.53. The molecule has 0 amide bonds. The number of nitrogens with one attached hydrogen (secondary N) is 1. The second-order valence-corrected chi connectivity index (χ2v) is 6.12. The molecule has 2 aromatic heterocycles. The molecule has 0 atom stereocenters. The van der Waals surface area contributed by atoms with Gasteiger partial charge in [-0.3, -0.25) is 0 Å². The zero-order valence-corrected chi connectivity index (χ0v) is 12.8. The number of halogens is 1. The highest BCUT2D eigenvalue weighted by Crippen LogP contribution is 2.29. The van der Waals surface area contributed by atoms with Crippen LogP contribution in [0.3, 0.4) is 0 Å². The molecule has 102 valence electrons. The van der Waals surface area contributed by atoms with Crippen LogP contribution >= 0.6 is 22.9 Å². The van der Waals surface area contributed by atoms with Crippen molar-refractivity contribution in [1.82, 2.24) is 9.97 Å². The van der Waals surface area contributed by atoms with Gasteiger partial charge in [0, 0.05) is 5.69 Å². The Morgan fingerprint density at radius 2 is 2.05 bits per heavy atom. The quantitative estimate of drug-likeness (QED) is 0.675. The molecular weight excluding hydrogens is 290 g/mol. The largest absolute Gasteiger partial charge is 0.340 e. The number of anilines is 2. The molecule has 0 unspecified atom stereocenters. The van der Waals surface area contributed by atoms with Crippen LogP contribution in [0, 0.1) is 0 Å². The zero-order valence-electron chi connectivity index (χ0n) is 11.2. The van der Waals surface area contributed by atoms with Crippen LogP contribution in [-0.4, -0.2) is 9.97 Å². The van der Waals surface area contributed by atoms with Crippen LogP contribution < -0.4 is 5.32 Å². The smallest absolute Gasteiger partial charge is 0.225 e. The maximum absolute atomic E-state index is 5.97. The SMILES string of the molecule is CC(C)c1cccc(Nc2nc(Cl)nc3sccc23)c1. The molecule has 3 aromatic rings. The Hall–Kier alpha value is -1.65. The maximum Gasteiger partial charge on any atom is 0.225 e. The summed E-state index contributed by atoms with van der Waals surface area (Å²) < 4.78 is 0. The van der Waals surface area contributed by atoms with Crippen molar-refractivity contribution in [2.75, 3.05) is 5.32 Å². The molecule has 5 heteroatoms. The molecule has 0 fully saturated rings. The van der Waals surface area contributed by atoms with Crippen LogP contribution in [0.25, 0.3) is 10.2 Å². The molecule has 0 saturated heterocycles. The lowest BCUT2D eigenvalue weighted by Crippen LogP contribution is -1.97. The molecule has 0 radical (unpaired) electrons. The summed E-state index contributed by atoms with van der Waals surface area (Å²) in [6.07, 6.45) is 0. The summed E-state index contributed by atoms with van der Waals surface area (Å²) in [5.74, 6) is 1.24. The van der Waals surface area contributed by atoms with Crippen molar-refractivity contribution in [2.24, 2.45) is 0 Å². The van der Waals surface area contributed by atoms with Gasteiger partial charge in [0.25, 0.3) is 0 Å². The average molecular weight is 304 g/mol. The fourth-order valence-electron chi connectivity index (χ4n) is 2.04. The minimum absolute atomic E-state index is 0.266. The van der Waals surface area contributed by atoms with E-state index in [9.17, 15) is 0 Å². The van der Waals surface area contributed by atoms with Gasteiger partial charge < -0.3 is 5.32 Å². The van der Waals surface area contributed by atoms with Crippen molar-refractivity contribution in [1.29, 1.82) is 0 Å². The van der Waals surface area contributed by atoms with Crippen LogP contribution in [0.5, 0.6) is 0 Å². The molecule has 1 aromatic carbocycles. The Balaban J connectivity index is 2.00. The molecule has 2 heterocycles. The summed E-state index contributed by atoms with van der Waals surface area (Å²) in [4.78, 5) is 9.41. The topological polar surface area (TPSA) is 37.8 Å². The van der Waals surface area contributed by atoms with Gasteiger partial charge in [0.2, 0.25) is 5.28 Å². The molecule has 1 N–H and O–H groups in total. The Morgan fingerprint density at radius 1 is 1.20 bits per heavy atom. The van der Waals surface area contributed by atoms with E-state index in [2.05, 4.69) is 41.3 Å². The molecule has 0 spiro atoms. The van der Waals surface area contributed by atoms with Gasteiger partial charge in [-0.2, -0.15) is 4.98 Å². The highest BCUT2D eigenvalue weighted by molar-refractivity contribution is 7.16. The number of fused-ring (bicyclic) bond motifs is 1. The van der Waals surface area contributed by atoms with Crippen molar-refractivity contribution in [3.63, 3.8) is 0 Å². The first kappa shape index (κ1) is 13.3. The highest BCUT2D eigenvalue weighted by Gasteiger charge is 2.08. The summed E-state index contributed by atoms with van der Waals surface area (Å²) in [6.45, 7) is 4.36. The van der Waals surface area contributed by atoms with Crippen LogP contribution in [-0.2, 0) is 0 Å². The normalized spacial score (nSPS) is 11.2. The number of aromatic nitrogens is 2. The third-order valence-electron chi connectivity index (χ3n) is 3.11. The van der Waals surface area contributed by atoms with Gasteiger partial charge in [0.05, 0.1) is 5.39 Å². The fourth-order valence-corrected chi connectivity index (χ4v) is 3.02. The molecular formula is C15H14ClN3S. The van der Waals surface area contributed by atoms with Crippen LogP contribution in [0.1, 0.15) is 25.3 Å². The lowest BCUT2D eigenvalue weighted by Gasteiger charge is -2.10. The molecule has 0 aliphatic carbocycles. The molecule has 3 nitrogen and oxygen atoms in total. The maximum atomic E-state index is 5.97. The second-order valence-electron chi connectivity index (χ2n) is 4.89. The number of nitrogens with zero attached hydrogens (tertiary/aromatic N) is 2. The van der Waals surface area contributed by atoms with Crippen molar-refractivity contribution in [3.05, 3.63) is 46.6 Å². The monoisotopic (exact) mass is 303 g/mol. The van der Waals surface area contributed by atoms with E-state index >= 15 is 0 Å². The molecule has 3 rings (SSSR count). The van der Waals surface area contributed by atoms with E-state index in [0.29, 0.717) is 5.92 Å². The van der Waals surface area contributed by atoms with E-state index < -0.39 is 0 Å². The number of hydrogen-bond acceptors (Lipinski definition) is 4. The lowest BCUT2D eigenvalue weighted by molar-refractivity contribution is 0.867. The number of hydrogen-bond donors (Lipinski definition) is 1. The molecule has 0 aliphatic heterocycles. The first-order chi connectivity index (χ1) is 9.63. The van der Waals surface area contributed by atoms with E-state index in [1.54, 1.807) is 11.3 Å². The Bertz CT molecular complexity index is 752. The Kier molecular flexibility index (Phi) is 3.59. The highest BCUT2D eigenvalue weighted by atomic mass is 35.5. The van der Waals surface area contributed by atoms with Crippen molar-refractivity contribution in [3.8, 4) is 0 Å². The number of rotatable bonds is 3. The van der Waals surface area contributed by atoms with Crippen LogP contribution in [0.4, 0.5) is 11.5 Å². The molecule has 0 aliphatic rings. The van der Waals surface area contributed by atoms with Crippen LogP contribution in [0.2, 0.25) is 5.28 Å². The van der Waals surface area contributed by atoms with E-state index in [4.69, 9.17) is 11.6 Å². The minimum atomic E-state index is 0.266. The minimum Gasteiger partial charge on any atom is -0.340 e. The molecule has 20 heavy (non-hydrogen) atoms. The first-order valence-corrected chi connectivity index (χ1v) is 7.67. The zero-order chi connectivity index (χ0) is 14.1. The van der Waals surface area contributed by atoms with Gasteiger partial charge in [-0.1, -0.05) is 26.0 Å². The van der Waals surface area contributed by atoms with E-state index in [-0.39, 0.29) is 5.28 Å². The van der Waals surface area contributed by atoms with Gasteiger partial charge in [-0.25, -0.2) is 4.98 Å². The van der Waals surface area contributed by atoms with Gasteiger partial charge in [-0.05, 0) is 46.7 Å². The van der Waals surface area contributed by atoms with E-state index in [1.807, 2.05) is 23.6 Å². The summed E-state index contributed by atoms with van der Waals surface area (Å²) in [7, 11) is 0. The third-order valence-corrected chi connectivity index (χ3v) is 4.09. The van der Waals surface area contributed by atoms with Crippen molar-refractivity contribution < 1.29 is 0 Å². The predicted octanol–water partition coefficient (Wildman–Crippen LogP) is 5.21. The first-order valence-electron chi connectivity index (χ1n) is 6.41. The van der Waals surface area contributed by atoms with E-state index in [0.717, 1.165) is 21.7 Å². The number of benzene rings is 1. The third kappa shape index (κ3) is 2.62. The molecule has 0 saturated carbocycles. The van der Waals surface area contributed by atoms with E-state index in [1.165, 1.54) is 5.56 Å². The Labute approximate surface area is 126 Å². The van der Waals surface area contributed by atoms with Gasteiger partial charge >= 0.3 is 0 Å². The second kappa shape index (κ2) is 5.38. The average Bonchev–Trinajstić information content (AvgIpc) is 2.87. The van der Waals surface area contributed by atoms with Crippen LogP contribution in [0.15, 0.2) is 35.7 Å². The summed E-state index contributed by atoms with van der Waals surface area (Å²) in [6, 6.07) is 10.3. The van der Waals surface area contributed by atoms with Gasteiger partial charge in [0.15, 0.2) is 0 Å². The fraction of sp³-hybridized carbons (Fsp3) is 0.200. The van der Waals surface area contributed by atoms with Crippen molar-refractivity contribution >= 4 is 44.7 Å². The predicted molar refractivity (Wildman–Crippen MR) is 86.2 cm³/mol. The Morgan fingerprint density at radius 3 is 2.85 bits per heavy atom. The van der Waals surface area contributed by atoms with Gasteiger partial charge in [-0.15, -0.1) is 11.3 Å². The lowest BCUT2D eigenvalue weighted by atomic mass is 10.0. The standard InChI is InChI=1S/C15H14ClN3S/c1-9(2)10-4-3-5-11(8-10)17-13-12-6-7-20-14(12)19-15(16)18-13/h3-9H,1-2H3,(H,17,18,19). The summed E-state index contributed by atoms with van der Waals surface area (Å²) in [5, 5.41) is 6.59. The van der Waals surface area contributed by atoms with Gasteiger partial charge in [0.1, 0.15) is 10.6 Å². The summed E-state index contributed by atoms with van der Waals surface area (Å²) in [5.41, 5.74) is 2.30. The number of thiophene rings is 1. The molecule has 0 bridgehead atoms.